The zero-order valence-corrected chi connectivity index (χ0v) is 25.4. The first-order chi connectivity index (χ1) is 20.4. The highest BCUT2D eigenvalue weighted by Crippen LogP contribution is 2.54. The van der Waals surface area contributed by atoms with E-state index in [1.165, 1.54) is 16.7 Å². The topological polar surface area (TPSA) is 88.5 Å². The summed E-state index contributed by atoms with van der Waals surface area (Å²) in [5.74, 6) is -3.92. The molecule has 0 saturated carbocycles. The summed E-state index contributed by atoms with van der Waals surface area (Å²) in [6, 6.07) is 18.6. The van der Waals surface area contributed by atoms with E-state index in [4.69, 9.17) is 0 Å². The van der Waals surface area contributed by atoms with Crippen molar-refractivity contribution >= 4 is 68.1 Å². The van der Waals surface area contributed by atoms with Gasteiger partial charge in [-0.3, -0.25) is 23.7 Å². The van der Waals surface area contributed by atoms with Gasteiger partial charge in [0, 0.05) is 21.0 Å². The largest absolute Gasteiger partial charge is 0.418 e. The van der Waals surface area contributed by atoms with Crippen LogP contribution in [-0.4, -0.2) is 27.5 Å². The molecule has 220 valence electrons. The maximum absolute atomic E-state index is 14.0. The molecule has 0 radical (unpaired) electrons. The minimum Gasteiger partial charge on any atom is -0.325 e. The summed E-state index contributed by atoms with van der Waals surface area (Å²) < 4.78 is 43.8. The third-order valence-electron chi connectivity index (χ3n) is 7.37. The van der Waals surface area contributed by atoms with E-state index >= 15 is 0 Å². The Balaban J connectivity index is 1.43. The third kappa shape index (κ3) is 5.34. The molecule has 13 heteroatoms. The van der Waals surface area contributed by atoms with Gasteiger partial charge in [0.1, 0.15) is 11.8 Å². The van der Waals surface area contributed by atoms with E-state index in [9.17, 15) is 32.3 Å². The molecule has 2 unspecified atom stereocenters. The fourth-order valence-electron chi connectivity index (χ4n) is 5.41. The van der Waals surface area contributed by atoms with Crippen LogP contribution in [0.1, 0.15) is 27.5 Å². The Bertz CT molecular complexity index is 1820. The molecule has 1 aromatic heterocycles. The van der Waals surface area contributed by atoms with Crippen molar-refractivity contribution in [3.8, 4) is 0 Å². The molecule has 1 fully saturated rings. The standard InChI is InChI=1S/C30H21BrF3N3O4S2/c1-15-6-12-18(13-7-15)35-21(38)14-36-28-25(43-29(36)41)22(16-8-10-17(31)11-9-16)23-24(42-28)27(40)37(26(23)39)20-5-3-2-4-19(20)30(32,33)34/h2-13,22-24H,14H2,1H3,(H,35,38)/t22-,23?,24?/m1/s1. The second-order valence-corrected chi connectivity index (χ2v) is 13.2. The Hall–Kier alpha value is -3.68. The highest BCUT2D eigenvalue weighted by molar-refractivity contribution is 9.10. The van der Waals surface area contributed by atoms with Crippen molar-refractivity contribution in [2.75, 3.05) is 10.2 Å². The van der Waals surface area contributed by atoms with E-state index < -0.39 is 57.1 Å². The number of carbonyl (C=O) groups excluding carboxylic acids is 3. The van der Waals surface area contributed by atoms with Crippen molar-refractivity contribution < 1.29 is 27.6 Å². The summed E-state index contributed by atoms with van der Waals surface area (Å²) in [5, 5.41) is 1.98. The minimum atomic E-state index is -4.80. The van der Waals surface area contributed by atoms with Crippen LogP contribution in [0.25, 0.3) is 0 Å². The summed E-state index contributed by atoms with van der Waals surface area (Å²) in [6.45, 7) is 1.56. The molecule has 43 heavy (non-hydrogen) atoms. The van der Waals surface area contributed by atoms with Crippen molar-refractivity contribution in [2.24, 2.45) is 5.92 Å². The van der Waals surface area contributed by atoms with Crippen LogP contribution in [0.15, 0.2) is 87.1 Å². The lowest BCUT2D eigenvalue weighted by atomic mass is 9.83. The maximum atomic E-state index is 14.0. The normalized spacial score (nSPS) is 19.7. The van der Waals surface area contributed by atoms with Gasteiger partial charge in [-0.05, 0) is 48.9 Å². The molecule has 2 aliphatic rings. The maximum Gasteiger partial charge on any atom is 0.418 e. The van der Waals surface area contributed by atoms with E-state index in [-0.39, 0.29) is 6.54 Å². The molecular formula is C30H21BrF3N3O4S2. The Kier molecular flexibility index (Phi) is 7.59. The van der Waals surface area contributed by atoms with Gasteiger partial charge in [-0.1, -0.05) is 81.0 Å². The number of fused-ring (bicyclic) bond motifs is 2. The van der Waals surface area contributed by atoms with Crippen molar-refractivity contribution in [1.29, 1.82) is 0 Å². The Morgan fingerprint density at radius 1 is 0.953 bits per heavy atom. The van der Waals surface area contributed by atoms with Gasteiger partial charge in [0.25, 0.3) is 0 Å². The molecule has 3 atom stereocenters. The van der Waals surface area contributed by atoms with Crippen LogP contribution in [-0.2, 0) is 27.1 Å². The highest BCUT2D eigenvalue weighted by Gasteiger charge is 2.57. The molecule has 0 spiro atoms. The molecule has 1 N–H and O–H groups in total. The van der Waals surface area contributed by atoms with E-state index in [0.29, 0.717) is 26.1 Å². The van der Waals surface area contributed by atoms with Gasteiger partial charge < -0.3 is 5.32 Å². The number of nitrogens with zero attached hydrogens (tertiary/aromatic N) is 2. The highest BCUT2D eigenvalue weighted by atomic mass is 79.9. The summed E-state index contributed by atoms with van der Waals surface area (Å²) in [7, 11) is 0. The SMILES string of the molecule is Cc1ccc(NC(=O)Cn2c3c(sc2=O)[C@H](c2ccc(Br)cc2)C2C(=O)N(c4ccccc4C(F)(F)F)C(=O)C2S3)cc1. The second-order valence-electron chi connectivity index (χ2n) is 10.2. The molecule has 7 nitrogen and oxygen atoms in total. The van der Waals surface area contributed by atoms with Crippen LogP contribution in [0.3, 0.4) is 0 Å². The smallest absolute Gasteiger partial charge is 0.325 e. The van der Waals surface area contributed by atoms with Gasteiger partial charge in [-0.25, -0.2) is 4.90 Å². The molecule has 2 aliphatic heterocycles. The molecule has 0 bridgehead atoms. The Morgan fingerprint density at radius 2 is 1.63 bits per heavy atom. The number of hydrogen-bond acceptors (Lipinski definition) is 6. The van der Waals surface area contributed by atoms with Crippen molar-refractivity contribution in [3.05, 3.63) is 109 Å². The summed E-state index contributed by atoms with van der Waals surface area (Å²) in [5.41, 5.74) is 0.537. The molecule has 3 amide bonds. The van der Waals surface area contributed by atoms with Gasteiger partial charge in [-0.15, -0.1) is 0 Å². The number of alkyl halides is 3. The lowest BCUT2D eigenvalue weighted by Crippen LogP contribution is -2.33. The number of hydrogen-bond donors (Lipinski definition) is 1. The van der Waals surface area contributed by atoms with Gasteiger partial charge in [0.2, 0.25) is 17.7 Å². The number of amides is 3. The summed E-state index contributed by atoms with van der Waals surface area (Å²) >= 11 is 5.19. The third-order valence-corrected chi connectivity index (χ3v) is 10.5. The van der Waals surface area contributed by atoms with Gasteiger partial charge in [0.15, 0.2) is 0 Å². The van der Waals surface area contributed by atoms with Crippen LogP contribution in [0.4, 0.5) is 24.5 Å². The van der Waals surface area contributed by atoms with Crippen molar-refractivity contribution in [1.82, 2.24) is 4.57 Å². The van der Waals surface area contributed by atoms with E-state index in [1.54, 1.807) is 36.4 Å². The number of aromatic nitrogens is 1. The van der Waals surface area contributed by atoms with Crippen molar-refractivity contribution in [3.63, 3.8) is 0 Å². The number of nitrogens with one attached hydrogen (secondary N) is 1. The molecule has 1 saturated heterocycles. The number of aryl methyl sites for hydroxylation is 1. The van der Waals surface area contributed by atoms with E-state index in [2.05, 4.69) is 21.2 Å². The predicted octanol–water partition coefficient (Wildman–Crippen LogP) is 6.43. The second kappa shape index (κ2) is 11.1. The van der Waals surface area contributed by atoms with Crippen LogP contribution >= 0.6 is 39.0 Å². The first-order valence-electron chi connectivity index (χ1n) is 13.0. The molecule has 6 rings (SSSR count). The summed E-state index contributed by atoms with van der Waals surface area (Å²) in [6.07, 6.45) is -4.80. The van der Waals surface area contributed by atoms with Gasteiger partial charge in [0.05, 0.1) is 22.2 Å². The fraction of sp³-hybridized carbons (Fsp3) is 0.200. The fourth-order valence-corrected chi connectivity index (χ4v) is 8.45. The molecule has 3 heterocycles. The zero-order valence-electron chi connectivity index (χ0n) is 22.2. The number of thiazole rings is 1. The Labute approximate surface area is 259 Å². The predicted molar refractivity (Wildman–Crippen MR) is 161 cm³/mol. The lowest BCUT2D eigenvalue weighted by Gasteiger charge is -2.30. The van der Waals surface area contributed by atoms with E-state index in [0.717, 1.165) is 45.3 Å². The number of anilines is 2. The average Bonchev–Trinajstić information content (AvgIpc) is 3.40. The minimum absolute atomic E-state index is 0.343. The number of imide groups is 1. The monoisotopic (exact) mass is 687 g/mol. The van der Waals surface area contributed by atoms with Gasteiger partial charge >= 0.3 is 11.0 Å². The van der Waals surface area contributed by atoms with E-state index in [1.807, 2.05) is 19.1 Å². The number of carbonyl (C=O) groups is 3. The number of halogens is 4. The first kappa shape index (κ1) is 29.4. The molecular weight excluding hydrogens is 667 g/mol. The molecule has 3 aromatic carbocycles. The van der Waals surface area contributed by atoms with Crippen LogP contribution in [0.2, 0.25) is 0 Å². The quantitative estimate of drug-likeness (QED) is 0.244. The van der Waals surface area contributed by atoms with Crippen LogP contribution < -0.4 is 15.1 Å². The number of thioether (sulfide) groups is 1. The number of para-hydroxylation sites is 1. The lowest BCUT2D eigenvalue weighted by molar-refractivity contribution is -0.137. The summed E-state index contributed by atoms with van der Waals surface area (Å²) in [4.78, 5) is 54.7. The first-order valence-corrected chi connectivity index (χ1v) is 15.5. The van der Waals surface area contributed by atoms with Gasteiger partial charge in [-0.2, -0.15) is 13.2 Å². The average molecular weight is 689 g/mol. The Morgan fingerprint density at radius 3 is 2.30 bits per heavy atom. The van der Waals surface area contributed by atoms with Crippen LogP contribution in [0, 0.1) is 12.8 Å². The zero-order chi connectivity index (χ0) is 30.6. The number of rotatable bonds is 5. The van der Waals surface area contributed by atoms with Crippen molar-refractivity contribution in [2.45, 2.75) is 35.8 Å². The molecule has 4 aromatic rings. The number of benzene rings is 3. The molecule has 0 aliphatic carbocycles. The van der Waals surface area contributed by atoms with Crippen LogP contribution in [0.5, 0.6) is 0 Å².